The number of benzene rings is 1. The number of hydrogen-bond donors (Lipinski definition) is 6. The van der Waals surface area contributed by atoms with Crippen LogP contribution in [0.15, 0.2) is 29.0 Å². The predicted molar refractivity (Wildman–Crippen MR) is 97.7 cm³/mol. The molecule has 3 unspecified atom stereocenters. The average molecular weight is 385 g/mol. The molecule has 1 aromatic carbocycles. The lowest BCUT2D eigenvalue weighted by molar-refractivity contribution is -0.135. The highest BCUT2D eigenvalue weighted by molar-refractivity contribution is 6.28. The van der Waals surface area contributed by atoms with Gasteiger partial charge in [0.15, 0.2) is 11.6 Å². The lowest BCUT2D eigenvalue weighted by Crippen LogP contribution is -2.54. The van der Waals surface area contributed by atoms with Gasteiger partial charge in [-0.05, 0) is 42.4 Å². The van der Waals surface area contributed by atoms with Crippen LogP contribution in [0.4, 0.5) is 5.69 Å². The zero-order chi connectivity index (χ0) is 20.5. The zero-order valence-electron chi connectivity index (χ0n) is 14.7. The van der Waals surface area contributed by atoms with Crippen molar-refractivity contribution >= 4 is 28.9 Å². The number of ketones is 2. The molecular formula is C19H19N3O6. The summed E-state index contributed by atoms with van der Waals surface area (Å²) >= 11 is 0. The molecule has 0 radical (unpaired) electrons. The standard InChI is InChI=1S/C19H19N3O6/c20-8-1-2-9(23)11-6(8)3-5-4-7-12(16(25)10(5)15(11)24)17(26)13(19(22)28)18(27)14(7)21/h1-2,5,7,12,14,23-24,27H,3-4,20-21H2,(H2,22,28)/t5?,7?,12?,14-/m0/s1. The van der Waals surface area contributed by atoms with Crippen molar-refractivity contribution in [2.24, 2.45) is 29.2 Å². The Bertz CT molecular complexity index is 1020. The minimum absolute atomic E-state index is 0.000380. The summed E-state index contributed by atoms with van der Waals surface area (Å²) in [4.78, 5) is 37.5. The van der Waals surface area contributed by atoms with Gasteiger partial charge in [-0.25, -0.2) is 0 Å². The number of nitrogens with two attached hydrogens (primary N) is 3. The van der Waals surface area contributed by atoms with Crippen LogP contribution >= 0.6 is 0 Å². The van der Waals surface area contributed by atoms with E-state index in [1.165, 1.54) is 12.1 Å². The van der Waals surface area contributed by atoms with E-state index >= 15 is 0 Å². The fourth-order valence-corrected chi connectivity index (χ4v) is 4.72. The van der Waals surface area contributed by atoms with E-state index in [0.717, 1.165) is 0 Å². The smallest absolute Gasteiger partial charge is 0.255 e. The molecule has 0 aromatic heterocycles. The van der Waals surface area contributed by atoms with Gasteiger partial charge in [-0.15, -0.1) is 0 Å². The second-order valence-corrected chi connectivity index (χ2v) is 7.45. The first-order valence-electron chi connectivity index (χ1n) is 8.75. The van der Waals surface area contributed by atoms with Crippen LogP contribution < -0.4 is 17.2 Å². The summed E-state index contributed by atoms with van der Waals surface area (Å²) in [5.74, 6) is -6.59. The third-order valence-electron chi connectivity index (χ3n) is 6.02. The number of Topliss-reactive ketones (excluding diaryl/α,β-unsaturated/α-hetero) is 2. The Morgan fingerprint density at radius 3 is 2.43 bits per heavy atom. The maximum absolute atomic E-state index is 13.2. The van der Waals surface area contributed by atoms with Crippen molar-refractivity contribution < 1.29 is 29.7 Å². The van der Waals surface area contributed by atoms with Gasteiger partial charge in [0.2, 0.25) is 0 Å². The summed E-state index contributed by atoms with van der Waals surface area (Å²) in [5.41, 5.74) is 17.4. The van der Waals surface area contributed by atoms with E-state index in [0.29, 0.717) is 11.3 Å². The van der Waals surface area contributed by atoms with Gasteiger partial charge in [0.25, 0.3) is 5.91 Å². The molecule has 1 aromatic rings. The molecule has 1 fully saturated rings. The molecule has 1 amide bonds. The fourth-order valence-electron chi connectivity index (χ4n) is 4.72. The number of anilines is 1. The Morgan fingerprint density at radius 2 is 1.79 bits per heavy atom. The molecule has 9 nitrogen and oxygen atoms in total. The molecular weight excluding hydrogens is 366 g/mol. The first-order chi connectivity index (χ1) is 13.1. The third kappa shape index (κ3) is 2.19. The van der Waals surface area contributed by atoms with E-state index in [-0.39, 0.29) is 29.7 Å². The third-order valence-corrected chi connectivity index (χ3v) is 6.02. The van der Waals surface area contributed by atoms with Crippen LogP contribution in [0.25, 0.3) is 5.76 Å². The van der Waals surface area contributed by atoms with Gasteiger partial charge in [0.05, 0.1) is 17.5 Å². The van der Waals surface area contributed by atoms with E-state index in [2.05, 4.69) is 0 Å². The van der Waals surface area contributed by atoms with Crippen LogP contribution in [0, 0.1) is 17.8 Å². The molecule has 1 saturated carbocycles. The first kappa shape index (κ1) is 18.1. The van der Waals surface area contributed by atoms with Crippen LogP contribution in [0.3, 0.4) is 0 Å². The SMILES string of the molecule is NC(=O)C1=C(O)[C@@H](N)C2CC3Cc4c(N)ccc(O)c4C(O)=C3C(=O)C2C1=O. The quantitative estimate of drug-likeness (QED) is 0.166. The van der Waals surface area contributed by atoms with Gasteiger partial charge in [-0.3, -0.25) is 14.4 Å². The van der Waals surface area contributed by atoms with Crippen molar-refractivity contribution in [1.82, 2.24) is 0 Å². The molecule has 28 heavy (non-hydrogen) atoms. The second kappa shape index (κ2) is 5.83. The Kier molecular flexibility index (Phi) is 3.76. The molecule has 3 aliphatic rings. The number of phenolic OH excluding ortho intramolecular Hbond substituents is 1. The number of carbonyl (C=O) groups is 3. The number of rotatable bonds is 1. The van der Waals surface area contributed by atoms with Gasteiger partial charge in [-0.2, -0.15) is 0 Å². The van der Waals surface area contributed by atoms with Gasteiger partial charge in [-0.1, -0.05) is 0 Å². The molecule has 9 N–H and O–H groups in total. The predicted octanol–water partition coefficient (Wildman–Crippen LogP) is -0.172. The van der Waals surface area contributed by atoms with Crippen LogP contribution in [0.5, 0.6) is 5.75 Å². The van der Waals surface area contributed by atoms with Crippen molar-refractivity contribution in [3.05, 3.63) is 40.2 Å². The number of aromatic hydroxyl groups is 1. The zero-order valence-corrected chi connectivity index (χ0v) is 14.7. The molecule has 146 valence electrons. The van der Waals surface area contributed by atoms with E-state index < -0.39 is 58.4 Å². The molecule has 0 saturated heterocycles. The van der Waals surface area contributed by atoms with Crippen LogP contribution in [0.1, 0.15) is 17.5 Å². The Balaban J connectivity index is 1.89. The lowest BCUT2D eigenvalue weighted by atomic mass is 9.60. The Hall–Kier alpha value is -3.33. The monoisotopic (exact) mass is 385 g/mol. The topological polar surface area (TPSA) is 190 Å². The van der Waals surface area contributed by atoms with E-state index in [1.54, 1.807) is 0 Å². The molecule has 9 heteroatoms. The number of aliphatic hydroxyl groups is 2. The number of fused-ring (bicyclic) bond motifs is 3. The largest absolute Gasteiger partial charge is 0.510 e. The number of nitrogen functional groups attached to an aromatic ring is 1. The highest BCUT2D eigenvalue weighted by Crippen LogP contribution is 2.50. The van der Waals surface area contributed by atoms with Gasteiger partial charge in [0, 0.05) is 11.3 Å². The molecule has 0 spiro atoms. The van der Waals surface area contributed by atoms with Gasteiger partial charge in [0.1, 0.15) is 22.8 Å². The average Bonchev–Trinajstić information content (AvgIpc) is 2.62. The summed E-state index contributed by atoms with van der Waals surface area (Å²) in [6, 6.07) is 1.71. The molecule has 0 aliphatic heterocycles. The van der Waals surface area contributed by atoms with E-state index in [1.807, 2.05) is 0 Å². The Labute approximate surface area is 159 Å². The second-order valence-electron chi connectivity index (χ2n) is 7.45. The molecule has 3 aliphatic carbocycles. The fraction of sp³-hybridized carbons (Fsp3) is 0.316. The van der Waals surface area contributed by atoms with Gasteiger partial charge < -0.3 is 32.5 Å². The minimum Gasteiger partial charge on any atom is -0.510 e. The number of carbonyl (C=O) groups excluding carboxylic acids is 3. The molecule has 4 atom stereocenters. The van der Waals surface area contributed by atoms with Crippen molar-refractivity contribution in [2.75, 3.05) is 5.73 Å². The van der Waals surface area contributed by atoms with Crippen molar-refractivity contribution in [2.45, 2.75) is 18.9 Å². The maximum atomic E-state index is 13.2. The van der Waals surface area contributed by atoms with Crippen LogP contribution in [0.2, 0.25) is 0 Å². The van der Waals surface area contributed by atoms with Crippen molar-refractivity contribution in [3.8, 4) is 5.75 Å². The molecule has 0 bridgehead atoms. The maximum Gasteiger partial charge on any atom is 0.255 e. The van der Waals surface area contributed by atoms with E-state index in [9.17, 15) is 29.7 Å². The number of amides is 1. The number of hydrogen-bond acceptors (Lipinski definition) is 8. The normalized spacial score (nSPS) is 29.3. The highest BCUT2D eigenvalue weighted by atomic mass is 16.3. The lowest BCUT2D eigenvalue weighted by Gasteiger charge is -2.43. The summed E-state index contributed by atoms with van der Waals surface area (Å²) in [6.45, 7) is 0. The van der Waals surface area contributed by atoms with Crippen molar-refractivity contribution in [1.29, 1.82) is 0 Å². The minimum atomic E-state index is -1.33. The summed E-state index contributed by atoms with van der Waals surface area (Å²) in [6.07, 6.45) is 0.478. The van der Waals surface area contributed by atoms with E-state index in [4.69, 9.17) is 17.2 Å². The van der Waals surface area contributed by atoms with Crippen LogP contribution in [-0.4, -0.2) is 38.8 Å². The number of aliphatic hydroxyl groups excluding tert-OH is 2. The number of allylic oxidation sites excluding steroid dienone is 1. The van der Waals surface area contributed by atoms with Crippen molar-refractivity contribution in [3.63, 3.8) is 0 Å². The molecule has 4 rings (SSSR count). The van der Waals surface area contributed by atoms with Crippen LogP contribution in [-0.2, 0) is 20.8 Å². The number of phenols is 1. The summed E-state index contributed by atoms with van der Waals surface area (Å²) in [7, 11) is 0. The summed E-state index contributed by atoms with van der Waals surface area (Å²) < 4.78 is 0. The summed E-state index contributed by atoms with van der Waals surface area (Å²) in [5, 5.41) is 31.1. The van der Waals surface area contributed by atoms with Gasteiger partial charge >= 0.3 is 0 Å². The highest BCUT2D eigenvalue weighted by Gasteiger charge is 2.54. The number of primary amides is 1. The Morgan fingerprint density at radius 1 is 1.11 bits per heavy atom. The first-order valence-corrected chi connectivity index (χ1v) is 8.75. The molecule has 0 heterocycles.